The molecule has 0 aromatic heterocycles. The summed E-state index contributed by atoms with van der Waals surface area (Å²) in [5.74, 6) is -0.819. The van der Waals surface area contributed by atoms with Gasteiger partial charge in [0.1, 0.15) is 12.6 Å². The van der Waals surface area contributed by atoms with Crippen molar-refractivity contribution >= 4 is 27.5 Å². The molecule has 0 aliphatic rings. The van der Waals surface area contributed by atoms with Crippen LogP contribution in [0.1, 0.15) is 22.3 Å². The highest BCUT2D eigenvalue weighted by Crippen LogP contribution is 2.28. The predicted molar refractivity (Wildman–Crippen MR) is 162 cm³/mol. The summed E-state index contributed by atoms with van der Waals surface area (Å²) in [6, 6.07) is 31.5. The van der Waals surface area contributed by atoms with Gasteiger partial charge in [0.15, 0.2) is 0 Å². The van der Waals surface area contributed by atoms with Crippen LogP contribution in [0.5, 0.6) is 0 Å². The number of nitrogens with one attached hydrogen (secondary N) is 1. The Morgan fingerprint density at radius 2 is 1.34 bits per heavy atom. The van der Waals surface area contributed by atoms with Gasteiger partial charge in [0, 0.05) is 20.0 Å². The molecule has 0 aliphatic carbocycles. The smallest absolute Gasteiger partial charge is 0.264 e. The molecule has 4 rings (SSSR count). The molecule has 212 valence electrons. The Bertz CT molecular complexity index is 1580. The van der Waals surface area contributed by atoms with Gasteiger partial charge < -0.3 is 10.2 Å². The van der Waals surface area contributed by atoms with E-state index in [2.05, 4.69) is 5.32 Å². The molecular weight excluding hydrogens is 534 g/mol. The Kier molecular flexibility index (Phi) is 9.57. The number of amides is 2. The maximum absolute atomic E-state index is 14.3. The average molecular weight is 570 g/mol. The molecule has 0 unspecified atom stereocenters. The van der Waals surface area contributed by atoms with E-state index >= 15 is 0 Å². The first-order chi connectivity index (χ1) is 19.7. The van der Waals surface area contributed by atoms with Gasteiger partial charge in [-0.25, -0.2) is 8.42 Å². The molecule has 7 nitrogen and oxygen atoms in total. The number of benzene rings is 4. The van der Waals surface area contributed by atoms with Gasteiger partial charge in [0.05, 0.1) is 10.6 Å². The quantitative estimate of drug-likeness (QED) is 0.279. The zero-order valence-corrected chi connectivity index (χ0v) is 24.3. The van der Waals surface area contributed by atoms with Crippen LogP contribution in [0.2, 0.25) is 0 Å². The van der Waals surface area contributed by atoms with E-state index in [1.807, 2.05) is 86.6 Å². The van der Waals surface area contributed by atoms with Crippen LogP contribution in [0, 0.1) is 13.8 Å². The number of anilines is 1. The molecule has 0 spiro atoms. The van der Waals surface area contributed by atoms with Crippen LogP contribution in [0.25, 0.3) is 0 Å². The fraction of sp³-hybridized carbons (Fsp3) is 0.212. The van der Waals surface area contributed by atoms with Crippen molar-refractivity contribution < 1.29 is 18.0 Å². The van der Waals surface area contributed by atoms with Crippen molar-refractivity contribution in [3.8, 4) is 0 Å². The van der Waals surface area contributed by atoms with Gasteiger partial charge in [-0.05, 0) is 48.7 Å². The highest BCUT2D eigenvalue weighted by molar-refractivity contribution is 7.92. The SMILES string of the molecule is CNC(=O)[C@@H](Cc1ccccc1)N(Cc1ccccc1)C(=O)CN(c1ccc(C)cc1C)S(=O)(=O)c1ccccc1. The van der Waals surface area contributed by atoms with Crippen molar-refractivity contribution in [2.45, 2.75) is 37.8 Å². The number of likely N-dealkylation sites (N-methyl/N-ethyl adjacent to an activating group) is 1. The monoisotopic (exact) mass is 569 g/mol. The molecule has 0 bridgehead atoms. The largest absolute Gasteiger partial charge is 0.357 e. The molecule has 41 heavy (non-hydrogen) atoms. The van der Waals surface area contributed by atoms with E-state index in [4.69, 9.17) is 0 Å². The molecule has 0 saturated carbocycles. The molecule has 0 radical (unpaired) electrons. The van der Waals surface area contributed by atoms with Crippen molar-refractivity contribution in [1.29, 1.82) is 0 Å². The molecule has 0 aliphatic heterocycles. The number of aryl methyl sites for hydroxylation is 2. The number of hydrogen-bond donors (Lipinski definition) is 1. The third-order valence-electron chi connectivity index (χ3n) is 6.94. The summed E-state index contributed by atoms with van der Waals surface area (Å²) in [5, 5.41) is 2.70. The van der Waals surface area contributed by atoms with Gasteiger partial charge in [-0.15, -0.1) is 0 Å². The molecule has 8 heteroatoms. The van der Waals surface area contributed by atoms with E-state index in [0.29, 0.717) is 5.69 Å². The molecule has 0 fully saturated rings. The normalized spacial score (nSPS) is 11.9. The Morgan fingerprint density at radius 1 is 0.780 bits per heavy atom. The number of carbonyl (C=O) groups excluding carboxylic acids is 2. The van der Waals surface area contributed by atoms with Gasteiger partial charge in [0.2, 0.25) is 11.8 Å². The van der Waals surface area contributed by atoms with Crippen molar-refractivity contribution in [3.05, 3.63) is 131 Å². The Hall–Kier alpha value is -4.43. The first kappa shape index (κ1) is 29.6. The highest BCUT2D eigenvalue weighted by Gasteiger charge is 2.34. The van der Waals surface area contributed by atoms with Gasteiger partial charge >= 0.3 is 0 Å². The van der Waals surface area contributed by atoms with E-state index in [1.54, 1.807) is 24.3 Å². The maximum Gasteiger partial charge on any atom is 0.264 e. The van der Waals surface area contributed by atoms with Gasteiger partial charge in [-0.1, -0.05) is 96.6 Å². The van der Waals surface area contributed by atoms with Crippen LogP contribution in [0.15, 0.2) is 114 Å². The van der Waals surface area contributed by atoms with Gasteiger partial charge in [-0.3, -0.25) is 13.9 Å². The van der Waals surface area contributed by atoms with Crippen molar-refractivity contribution in [3.63, 3.8) is 0 Å². The number of rotatable bonds is 11. The summed E-state index contributed by atoms with van der Waals surface area (Å²) in [6.45, 7) is 3.41. The minimum Gasteiger partial charge on any atom is -0.357 e. The molecule has 4 aromatic carbocycles. The molecule has 0 heterocycles. The predicted octanol–water partition coefficient (Wildman–Crippen LogP) is 4.88. The average Bonchev–Trinajstić information content (AvgIpc) is 2.99. The number of carbonyl (C=O) groups is 2. The Balaban J connectivity index is 1.79. The first-order valence-electron chi connectivity index (χ1n) is 13.4. The number of sulfonamides is 1. The number of nitrogens with zero attached hydrogens (tertiary/aromatic N) is 2. The van der Waals surface area contributed by atoms with Crippen LogP contribution < -0.4 is 9.62 Å². The lowest BCUT2D eigenvalue weighted by Crippen LogP contribution is -2.53. The molecule has 0 saturated heterocycles. The zero-order valence-electron chi connectivity index (χ0n) is 23.5. The van der Waals surface area contributed by atoms with E-state index in [0.717, 1.165) is 26.6 Å². The summed E-state index contributed by atoms with van der Waals surface area (Å²) in [6.07, 6.45) is 0.272. The lowest BCUT2D eigenvalue weighted by molar-refractivity contribution is -0.139. The van der Waals surface area contributed by atoms with Crippen LogP contribution in [0.3, 0.4) is 0 Å². The molecule has 4 aromatic rings. The lowest BCUT2D eigenvalue weighted by atomic mass is 10.0. The van der Waals surface area contributed by atoms with Crippen LogP contribution in [0.4, 0.5) is 5.69 Å². The van der Waals surface area contributed by atoms with Crippen molar-refractivity contribution in [2.24, 2.45) is 0 Å². The second kappa shape index (κ2) is 13.3. The summed E-state index contributed by atoms with van der Waals surface area (Å²) < 4.78 is 29.2. The molecule has 1 atom stereocenters. The van der Waals surface area contributed by atoms with Gasteiger partial charge in [0.25, 0.3) is 10.0 Å². The zero-order chi connectivity index (χ0) is 29.4. The minimum absolute atomic E-state index is 0.0783. The third-order valence-corrected chi connectivity index (χ3v) is 8.72. The minimum atomic E-state index is -4.12. The third kappa shape index (κ3) is 7.21. The summed E-state index contributed by atoms with van der Waals surface area (Å²) >= 11 is 0. The van der Waals surface area contributed by atoms with Crippen LogP contribution >= 0.6 is 0 Å². The summed E-state index contributed by atoms with van der Waals surface area (Å²) in [7, 11) is -2.58. The second-order valence-corrected chi connectivity index (χ2v) is 11.8. The van der Waals surface area contributed by atoms with E-state index in [1.165, 1.54) is 24.1 Å². The highest BCUT2D eigenvalue weighted by atomic mass is 32.2. The standard InChI is InChI=1S/C33H35N3O4S/c1-25-19-20-30(26(2)21-25)36(41(39,40)29-17-11-6-12-18-29)24-32(37)35(23-28-15-9-5-10-16-28)31(33(38)34-3)22-27-13-7-4-8-14-27/h4-21,31H,22-24H2,1-3H3,(H,34,38)/t31-/m1/s1. The molecule has 2 amide bonds. The molecule has 1 N–H and O–H groups in total. The van der Waals surface area contributed by atoms with Crippen LogP contribution in [-0.2, 0) is 32.6 Å². The fourth-order valence-corrected chi connectivity index (χ4v) is 6.32. The van der Waals surface area contributed by atoms with Crippen molar-refractivity contribution in [1.82, 2.24) is 10.2 Å². The van der Waals surface area contributed by atoms with E-state index < -0.39 is 28.5 Å². The van der Waals surface area contributed by atoms with Crippen LogP contribution in [-0.4, -0.2) is 44.8 Å². The maximum atomic E-state index is 14.3. The summed E-state index contributed by atoms with van der Waals surface area (Å²) in [4.78, 5) is 29.1. The second-order valence-electron chi connectivity index (χ2n) is 9.94. The molecular formula is C33H35N3O4S. The van der Waals surface area contributed by atoms with Crippen molar-refractivity contribution in [2.75, 3.05) is 17.9 Å². The Labute approximate surface area is 242 Å². The summed E-state index contributed by atoms with van der Waals surface area (Å²) in [5.41, 5.74) is 3.82. The van der Waals surface area contributed by atoms with Gasteiger partial charge in [-0.2, -0.15) is 0 Å². The first-order valence-corrected chi connectivity index (χ1v) is 14.9. The Morgan fingerprint density at radius 3 is 1.90 bits per heavy atom. The van der Waals surface area contributed by atoms with E-state index in [9.17, 15) is 18.0 Å². The number of hydrogen-bond acceptors (Lipinski definition) is 4. The lowest BCUT2D eigenvalue weighted by Gasteiger charge is -2.34. The topological polar surface area (TPSA) is 86.8 Å². The van der Waals surface area contributed by atoms with E-state index in [-0.39, 0.29) is 23.8 Å². The fourth-order valence-electron chi connectivity index (χ4n) is 4.82.